The molecule has 180 valence electrons. The van der Waals surface area contributed by atoms with E-state index in [0.29, 0.717) is 23.0 Å². The fourth-order valence-corrected chi connectivity index (χ4v) is 4.23. The molecule has 0 spiro atoms. The zero-order valence-corrected chi connectivity index (χ0v) is 19.6. The van der Waals surface area contributed by atoms with Crippen LogP contribution in [-0.2, 0) is 16.1 Å². The summed E-state index contributed by atoms with van der Waals surface area (Å²) in [5.41, 5.74) is 3.08. The van der Waals surface area contributed by atoms with Crippen molar-refractivity contribution in [3.8, 4) is 17.0 Å². The fraction of sp³-hybridized carbons (Fsp3) is 0.296. The van der Waals surface area contributed by atoms with Crippen LogP contribution in [0.1, 0.15) is 43.5 Å². The van der Waals surface area contributed by atoms with Crippen molar-refractivity contribution in [1.29, 1.82) is 0 Å². The summed E-state index contributed by atoms with van der Waals surface area (Å²) in [6, 6.07) is 11.0. The van der Waals surface area contributed by atoms with Crippen molar-refractivity contribution in [3.05, 3.63) is 72.5 Å². The largest absolute Gasteiger partial charge is 0.481 e. The Morgan fingerprint density at radius 3 is 2.43 bits per heavy atom. The molecule has 0 saturated heterocycles. The molecule has 8 heteroatoms. The normalized spacial score (nSPS) is 14.1. The maximum atomic E-state index is 13.6. The number of carbonyl (C=O) groups excluding carboxylic acids is 1. The van der Waals surface area contributed by atoms with Gasteiger partial charge in [-0.15, -0.1) is 0 Å². The monoisotopic (exact) mass is 472 g/mol. The molecule has 1 amide bonds. The van der Waals surface area contributed by atoms with Crippen LogP contribution in [0.5, 0.6) is 5.88 Å². The first kappa shape index (κ1) is 24.1. The standard InChI is InChI=1S/C27H28N4O4/c1-35-25-12-11-21(15-30-25)22-16-28-24(29-17-22)18-31(27(34)20-7-3-2-4-8-20)23-9-5-6-19(14-23)10-13-26(32)33/h5-6,9-17,20H,2-4,7-8,18H2,1H3,(H,32,33). The highest BCUT2D eigenvalue weighted by atomic mass is 16.5. The van der Waals surface area contributed by atoms with Crippen LogP contribution in [0.25, 0.3) is 17.2 Å². The van der Waals surface area contributed by atoms with Gasteiger partial charge in [0.05, 0.1) is 13.7 Å². The van der Waals surface area contributed by atoms with Crippen molar-refractivity contribution in [2.24, 2.45) is 5.92 Å². The summed E-state index contributed by atoms with van der Waals surface area (Å²) in [5, 5.41) is 8.96. The number of carboxylic acid groups (broad SMARTS) is 1. The quantitative estimate of drug-likeness (QED) is 0.471. The van der Waals surface area contributed by atoms with Crippen LogP contribution >= 0.6 is 0 Å². The Kier molecular flexibility index (Phi) is 7.82. The molecule has 3 aromatic rings. The van der Waals surface area contributed by atoms with E-state index in [0.717, 1.165) is 49.3 Å². The number of rotatable bonds is 8. The maximum absolute atomic E-state index is 13.6. The molecule has 1 fully saturated rings. The number of carbonyl (C=O) groups is 2. The van der Waals surface area contributed by atoms with Crippen LogP contribution in [0, 0.1) is 5.92 Å². The molecule has 2 aromatic heterocycles. The minimum absolute atomic E-state index is 0.0355. The Bertz CT molecular complexity index is 1190. The van der Waals surface area contributed by atoms with Crippen molar-refractivity contribution >= 4 is 23.6 Å². The second-order valence-electron chi connectivity index (χ2n) is 8.50. The molecule has 8 nitrogen and oxygen atoms in total. The minimum atomic E-state index is -1.02. The lowest BCUT2D eigenvalue weighted by molar-refractivity contribution is -0.131. The summed E-state index contributed by atoms with van der Waals surface area (Å²) in [7, 11) is 1.57. The van der Waals surface area contributed by atoms with Gasteiger partial charge in [-0.3, -0.25) is 4.79 Å². The molecule has 0 radical (unpaired) electrons. The molecule has 1 aliphatic carbocycles. The van der Waals surface area contributed by atoms with E-state index in [1.54, 1.807) is 42.7 Å². The second-order valence-corrected chi connectivity index (χ2v) is 8.50. The van der Waals surface area contributed by atoms with Gasteiger partial charge < -0.3 is 14.7 Å². The van der Waals surface area contributed by atoms with Gasteiger partial charge in [0, 0.05) is 53.5 Å². The molecular weight excluding hydrogens is 444 g/mol. The average Bonchev–Trinajstić information content (AvgIpc) is 2.91. The van der Waals surface area contributed by atoms with Crippen molar-refractivity contribution in [2.75, 3.05) is 12.0 Å². The molecule has 1 saturated carbocycles. The fourth-order valence-electron chi connectivity index (χ4n) is 4.23. The predicted molar refractivity (Wildman–Crippen MR) is 133 cm³/mol. The number of pyridine rings is 1. The van der Waals surface area contributed by atoms with E-state index in [9.17, 15) is 9.59 Å². The summed E-state index contributed by atoms with van der Waals surface area (Å²) in [6.45, 7) is 0.225. The number of aliphatic carboxylic acids is 1. The van der Waals surface area contributed by atoms with E-state index in [2.05, 4.69) is 15.0 Å². The highest BCUT2D eigenvalue weighted by Crippen LogP contribution is 2.29. The van der Waals surface area contributed by atoms with Gasteiger partial charge in [0.15, 0.2) is 0 Å². The van der Waals surface area contributed by atoms with Gasteiger partial charge in [0.25, 0.3) is 0 Å². The van der Waals surface area contributed by atoms with E-state index >= 15 is 0 Å². The van der Waals surface area contributed by atoms with E-state index in [1.165, 1.54) is 6.08 Å². The van der Waals surface area contributed by atoms with Crippen LogP contribution in [0.2, 0.25) is 0 Å². The zero-order chi connectivity index (χ0) is 24.6. The molecule has 4 rings (SSSR count). The Labute approximate surface area is 204 Å². The van der Waals surface area contributed by atoms with E-state index in [-0.39, 0.29) is 18.4 Å². The third kappa shape index (κ3) is 6.29. The highest BCUT2D eigenvalue weighted by molar-refractivity contribution is 5.95. The van der Waals surface area contributed by atoms with Gasteiger partial charge in [0.1, 0.15) is 5.82 Å². The number of hydrogen-bond donors (Lipinski definition) is 1. The average molecular weight is 473 g/mol. The van der Waals surface area contributed by atoms with Gasteiger partial charge in [-0.25, -0.2) is 19.7 Å². The molecule has 2 heterocycles. The summed E-state index contributed by atoms with van der Waals surface area (Å²) >= 11 is 0. The van der Waals surface area contributed by atoms with Crippen LogP contribution in [0.4, 0.5) is 5.69 Å². The number of anilines is 1. The van der Waals surface area contributed by atoms with Crippen LogP contribution in [0.15, 0.2) is 61.1 Å². The summed E-state index contributed by atoms with van der Waals surface area (Å²) in [4.78, 5) is 39.5. The number of amides is 1. The first-order chi connectivity index (χ1) is 17.0. The van der Waals surface area contributed by atoms with Gasteiger partial charge in [-0.1, -0.05) is 31.4 Å². The third-order valence-corrected chi connectivity index (χ3v) is 6.10. The first-order valence-electron chi connectivity index (χ1n) is 11.7. The van der Waals surface area contributed by atoms with Gasteiger partial charge in [0.2, 0.25) is 11.8 Å². The molecule has 1 aromatic carbocycles. The van der Waals surface area contributed by atoms with Crippen molar-refractivity contribution < 1.29 is 19.4 Å². The Morgan fingerprint density at radius 2 is 1.77 bits per heavy atom. The molecule has 0 aliphatic heterocycles. The number of ether oxygens (including phenoxy) is 1. The Morgan fingerprint density at radius 1 is 1.03 bits per heavy atom. The number of benzene rings is 1. The second kappa shape index (κ2) is 11.4. The van der Waals surface area contributed by atoms with Crippen molar-refractivity contribution in [2.45, 2.75) is 38.6 Å². The summed E-state index contributed by atoms with van der Waals surface area (Å²) < 4.78 is 5.10. The number of aromatic nitrogens is 3. The van der Waals surface area contributed by atoms with Gasteiger partial charge >= 0.3 is 5.97 Å². The van der Waals surface area contributed by atoms with Crippen LogP contribution < -0.4 is 9.64 Å². The van der Waals surface area contributed by atoms with E-state index in [1.807, 2.05) is 24.3 Å². The SMILES string of the molecule is COc1ccc(-c2cnc(CN(C(=O)C3CCCCC3)c3cccc(C=CC(=O)O)c3)nc2)cn1. The number of nitrogens with zero attached hydrogens (tertiary/aromatic N) is 4. The number of hydrogen-bond acceptors (Lipinski definition) is 6. The molecule has 0 bridgehead atoms. The van der Waals surface area contributed by atoms with Crippen LogP contribution in [0.3, 0.4) is 0 Å². The molecular formula is C27H28N4O4. The van der Waals surface area contributed by atoms with E-state index in [4.69, 9.17) is 9.84 Å². The molecule has 1 aliphatic rings. The summed E-state index contributed by atoms with van der Waals surface area (Å²) in [6.07, 6.45) is 12.7. The lowest BCUT2D eigenvalue weighted by Gasteiger charge is -2.29. The molecule has 0 unspecified atom stereocenters. The smallest absolute Gasteiger partial charge is 0.328 e. The number of methoxy groups -OCH3 is 1. The minimum Gasteiger partial charge on any atom is -0.481 e. The lowest BCUT2D eigenvalue weighted by atomic mass is 9.88. The molecule has 35 heavy (non-hydrogen) atoms. The van der Waals surface area contributed by atoms with Crippen molar-refractivity contribution in [1.82, 2.24) is 15.0 Å². The topological polar surface area (TPSA) is 106 Å². The van der Waals surface area contributed by atoms with Crippen LogP contribution in [-0.4, -0.2) is 39.0 Å². The lowest BCUT2D eigenvalue weighted by Crippen LogP contribution is -2.37. The first-order valence-corrected chi connectivity index (χ1v) is 11.7. The Balaban J connectivity index is 1.59. The molecule has 0 atom stereocenters. The maximum Gasteiger partial charge on any atom is 0.328 e. The predicted octanol–water partition coefficient (Wildman–Crippen LogP) is 4.76. The van der Waals surface area contributed by atoms with Gasteiger partial charge in [-0.05, 0) is 42.7 Å². The number of carboxylic acids is 1. The van der Waals surface area contributed by atoms with Crippen molar-refractivity contribution in [3.63, 3.8) is 0 Å². The third-order valence-electron chi connectivity index (χ3n) is 6.10. The zero-order valence-electron chi connectivity index (χ0n) is 19.6. The van der Waals surface area contributed by atoms with E-state index < -0.39 is 5.97 Å². The van der Waals surface area contributed by atoms with Gasteiger partial charge in [-0.2, -0.15) is 0 Å². The Hall–Kier alpha value is -4.07. The molecule has 1 N–H and O–H groups in total. The summed E-state index contributed by atoms with van der Waals surface area (Å²) in [5.74, 6) is 0.0447. The highest BCUT2D eigenvalue weighted by Gasteiger charge is 2.27.